The molecule has 3 heteroatoms. The fourth-order valence-corrected chi connectivity index (χ4v) is 5.34. The van der Waals surface area contributed by atoms with Crippen LogP contribution in [0.4, 0.5) is 0 Å². The second-order valence-corrected chi connectivity index (χ2v) is 8.08. The molecule has 1 aliphatic heterocycles. The number of fused-ring (bicyclic) bond motifs is 1. The standard InChI is InChI=1S/C20H25NOS/c1-20(21-11-9-16(14-21)19-6-4-12-23-19)10-3-5-15-13-17(22-2)7-8-18(15)20/h4,6-8,12-13,16H,3,5,9-11,14H2,1-2H3. The van der Waals surface area contributed by atoms with Crippen LogP contribution in [0.1, 0.15) is 48.1 Å². The van der Waals surface area contributed by atoms with Crippen molar-refractivity contribution >= 4 is 11.3 Å². The minimum absolute atomic E-state index is 0.186. The van der Waals surface area contributed by atoms with Gasteiger partial charge in [-0.2, -0.15) is 0 Å². The molecule has 0 spiro atoms. The first-order chi connectivity index (χ1) is 11.2. The number of methoxy groups -OCH3 is 1. The predicted molar refractivity (Wildman–Crippen MR) is 96.5 cm³/mol. The van der Waals surface area contributed by atoms with Crippen molar-refractivity contribution in [3.63, 3.8) is 0 Å². The van der Waals surface area contributed by atoms with Gasteiger partial charge in [0.05, 0.1) is 7.11 Å². The van der Waals surface area contributed by atoms with E-state index in [2.05, 4.69) is 47.5 Å². The predicted octanol–water partition coefficient (Wildman–Crippen LogP) is 4.80. The summed E-state index contributed by atoms with van der Waals surface area (Å²) in [6.07, 6.45) is 5.02. The van der Waals surface area contributed by atoms with Gasteiger partial charge in [0.2, 0.25) is 0 Å². The van der Waals surface area contributed by atoms with Crippen LogP contribution in [-0.4, -0.2) is 25.1 Å². The Morgan fingerprint density at radius 2 is 2.22 bits per heavy atom. The summed E-state index contributed by atoms with van der Waals surface area (Å²) < 4.78 is 5.43. The monoisotopic (exact) mass is 327 g/mol. The number of hydrogen-bond acceptors (Lipinski definition) is 3. The summed E-state index contributed by atoms with van der Waals surface area (Å²) in [5, 5.41) is 2.21. The smallest absolute Gasteiger partial charge is 0.119 e. The lowest BCUT2D eigenvalue weighted by Gasteiger charge is -2.43. The molecule has 2 atom stereocenters. The van der Waals surface area contributed by atoms with Gasteiger partial charge in [-0.15, -0.1) is 11.3 Å². The van der Waals surface area contributed by atoms with Crippen LogP contribution in [0.25, 0.3) is 0 Å². The fourth-order valence-electron chi connectivity index (χ4n) is 4.48. The zero-order valence-corrected chi connectivity index (χ0v) is 14.9. The number of nitrogens with zero attached hydrogens (tertiary/aromatic N) is 1. The summed E-state index contributed by atoms with van der Waals surface area (Å²) in [5.74, 6) is 1.71. The Hall–Kier alpha value is -1.32. The lowest BCUT2D eigenvalue weighted by Crippen LogP contribution is -2.44. The van der Waals surface area contributed by atoms with Crippen LogP contribution < -0.4 is 4.74 Å². The molecule has 23 heavy (non-hydrogen) atoms. The molecule has 0 saturated carbocycles. The Morgan fingerprint density at radius 1 is 1.30 bits per heavy atom. The number of aryl methyl sites for hydroxylation is 1. The Bertz CT molecular complexity index is 681. The molecule has 0 N–H and O–H groups in total. The van der Waals surface area contributed by atoms with Gasteiger partial charge in [-0.3, -0.25) is 4.90 Å². The van der Waals surface area contributed by atoms with Gasteiger partial charge in [0.15, 0.2) is 0 Å². The molecule has 1 saturated heterocycles. The van der Waals surface area contributed by atoms with Gasteiger partial charge in [0, 0.05) is 22.9 Å². The second-order valence-electron chi connectivity index (χ2n) is 7.10. The molecule has 122 valence electrons. The maximum atomic E-state index is 5.43. The van der Waals surface area contributed by atoms with E-state index in [1.807, 2.05) is 11.3 Å². The van der Waals surface area contributed by atoms with Crippen LogP contribution in [0.15, 0.2) is 35.7 Å². The van der Waals surface area contributed by atoms with Crippen LogP contribution in [0.2, 0.25) is 0 Å². The van der Waals surface area contributed by atoms with Crippen LogP contribution in [0, 0.1) is 0 Å². The molecule has 1 aromatic carbocycles. The quantitative estimate of drug-likeness (QED) is 0.803. The SMILES string of the molecule is COc1ccc2c(c1)CCCC2(C)N1CCC(c2cccs2)C1. The van der Waals surface area contributed by atoms with Crippen molar-refractivity contribution in [1.29, 1.82) is 0 Å². The van der Waals surface area contributed by atoms with E-state index in [0.717, 1.165) is 11.7 Å². The molecule has 0 radical (unpaired) electrons. The number of rotatable bonds is 3. The molecule has 1 aromatic heterocycles. The molecule has 2 unspecified atom stereocenters. The molecule has 2 aliphatic rings. The number of likely N-dealkylation sites (tertiary alicyclic amines) is 1. The Morgan fingerprint density at radius 3 is 3.00 bits per heavy atom. The topological polar surface area (TPSA) is 12.5 Å². The average Bonchev–Trinajstić information content (AvgIpc) is 3.26. The highest BCUT2D eigenvalue weighted by atomic mass is 32.1. The third kappa shape index (κ3) is 2.60. The van der Waals surface area contributed by atoms with Crippen LogP contribution in [-0.2, 0) is 12.0 Å². The molecule has 1 fully saturated rings. The van der Waals surface area contributed by atoms with Crippen molar-refractivity contribution in [2.45, 2.75) is 44.1 Å². The van der Waals surface area contributed by atoms with E-state index in [0.29, 0.717) is 0 Å². The first kappa shape index (κ1) is 15.2. The molecular weight excluding hydrogens is 302 g/mol. The normalized spacial score (nSPS) is 27.8. The average molecular weight is 327 g/mol. The van der Waals surface area contributed by atoms with Crippen molar-refractivity contribution in [2.24, 2.45) is 0 Å². The maximum absolute atomic E-state index is 5.43. The van der Waals surface area contributed by atoms with Crippen LogP contribution >= 0.6 is 11.3 Å². The maximum Gasteiger partial charge on any atom is 0.119 e. The molecule has 1 aliphatic carbocycles. The van der Waals surface area contributed by atoms with E-state index in [9.17, 15) is 0 Å². The van der Waals surface area contributed by atoms with Crippen molar-refractivity contribution in [3.8, 4) is 5.75 Å². The van der Waals surface area contributed by atoms with Gasteiger partial charge >= 0.3 is 0 Å². The van der Waals surface area contributed by atoms with Crippen LogP contribution in [0.3, 0.4) is 0 Å². The molecule has 0 amide bonds. The van der Waals surface area contributed by atoms with Gasteiger partial charge < -0.3 is 4.74 Å². The van der Waals surface area contributed by atoms with Crippen LogP contribution in [0.5, 0.6) is 5.75 Å². The molecular formula is C20H25NOS. The van der Waals surface area contributed by atoms with Gasteiger partial charge in [-0.25, -0.2) is 0 Å². The summed E-state index contributed by atoms with van der Waals surface area (Å²) in [5.41, 5.74) is 3.19. The molecule has 2 aromatic rings. The zero-order valence-electron chi connectivity index (χ0n) is 14.0. The molecule has 4 rings (SSSR count). The highest BCUT2D eigenvalue weighted by molar-refractivity contribution is 7.10. The lowest BCUT2D eigenvalue weighted by molar-refractivity contribution is 0.111. The second kappa shape index (κ2) is 5.95. The molecule has 2 nitrogen and oxygen atoms in total. The van der Waals surface area contributed by atoms with E-state index in [-0.39, 0.29) is 5.54 Å². The van der Waals surface area contributed by atoms with E-state index < -0.39 is 0 Å². The zero-order chi connectivity index (χ0) is 15.9. The van der Waals surface area contributed by atoms with Gasteiger partial charge in [-0.1, -0.05) is 12.1 Å². The summed E-state index contributed by atoms with van der Waals surface area (Å²) in [6.45, 7) is 4.86. The Balaban J connectivity index is 1.62. The highest BCUT2D eigenvalue weighted by Crippen LogP contribution is 2.45. The van der Waals surface area contributed by atoms with Crippen molar-refractivity contribution in [1.82, 2.24) is 4.90 Å². The third-order valence-electron chi connectivity index (χ3n) is 5.83. The highest BCUT2D eigenvalue weighted by Gasteiger charge is 2.41. The largest absolute Gasteiger partial charge is 0.497 e. The van der Waals surface area contributed by atoms with E-state index in [1.54, 1.807) is 12.0 Å². The number of hydrogen-bond donors (Lipinski definition) is 0. The number of benzene rings is 1. The number of thiophene rings is 1. The molecule has 0 bridgehead atoms. The van der Waals surface area contributed by atoms with Gasteiger partial charge in [-0.05, 0) is 73.9 Å². The minimum atomic E-state index is 0.186. The third-order valence-corrected chi connectivity index (χ3v) is 6.87. The lowest BCUT2D eigenvalue weighted by atomic mass is 9.76. The van der Waals surface area contributed by atoms with Crippen molar-refractivity contribution in [3.05, 3.63) is 51.7 Å². The number of ether oxygens (including phenoxy) is 1. The first-order valence-corrected chi connectivity index (χ1v) is 9.54. The molecule has 2 heterocycles. The summed E-state index contributed by atoms with van der Waals surface area (Å²) in [6, 6.07) is 11.2. The summed E-state index contributed by atoms with van der Waals surface area (Å²) >= 11 is 1.92. The summed E-state index contributed by atoms with van der Waals surface area (Å²) in [7, 11) is 1.76. The Labute approximate surface area is 143 Å². The fraction of sp³-hybridized carbons (Fsp3) is 0.500. The van der Waals surface area contributed by atoms with Crippen molar-refractivity contribution in [2.75, 3.05) is 20.2 Å². The van der Waals surface area contributed by atoms with E-state index >= 15 is 0 Å². The van der Waals surface area contributed by atoms with E-state index in [4.69, 9.17) is 4.74 Å². The van der Waals surface area contributed by atoms with Crippen molar-refractivity contribution < 1.29 is 4.74 Å². The van der Waals surface area contributed by atoms with Gasteiger partial charge in [0.25, 0.3) is 0 Å². The minimum Gasteiger partial charge on any atom is -0.497 e. The van der Waals surface area contributed by atoms with Gasteiger partial charge in [0.1, 0.15) is 5.75 Å². The Kier molecular flexibility index (Phi) is 3.94. The summed E-state index contributed by atoms with van der Waals surface area (Å²) in [4.78, 5) is 4.30. The van der Waals surface area contributed by atoms with E-state index in [1.165, 1.54) is 49.9 Å². The first-order valence-electron chi connectivity index (χ1n) is 8.66.